The van der Waals surface area contributed by atoms with Crippen molar-refractivity contribution in [3.63, 3.8) is 0 Å². The number of aromatic hydroxyl groups is 1. The van der Waals surface area contributed by atoms with E-state index in [2.05, 4.69) is 5.32 Å². The minimum atomic E-state index is -1.02. The second kappa shape index (κ2) is 7.93. The summed E-state index contributed by atoms with van der Waals surface area (Å²) in [6.45, 7) is 2.08. The first-order chi connectivity index (χ1) is 14.8. The van der Waals surface area contributed by atoms with Crippen molar-refractivity contribution >= 4 is 23.4 Å². The van der Waals surface area contributed by atoms with Gasteiger partial charge in [0.1, 0.15) is 22.2 Å². The summed E-state index contributed by atoms with van der Waals surface area (Å²) >= 11 is 5.53. The van der Waals surface area contributed by atoms with Gasteiger partial charge >= 0.3 is 0 Å². The molecule has 3 heterocycles. The number of nitrogens with one attached hydrogen (secondary N) is 1. The van der Waals surface area contributed by atoms with Gasteiger partial charge in [0.2, 0.25) is 5.43 Å². The maximum absolute atomic E-state index is 14.1. The molecule has 1 aromatic carbocycles. The van der Waals surface area contributed by atoms with Crippen molar-refractivity contribution in [2.75, 3.05) is 13.2 Å². The van der Waals surface area contributed by atoms with Crippen molar-refractivity contribution in [2.24, 2.45) is 0 Å². The Kier molecular flexibility index (Phi) is 5.44. The van der Waals surface area contributed by atoms with Crippen LogP contribution in [0.3, 0.4) is 0 Å². The van der Waals surface area contributed by atoms with Gasteiger partial charge in [-0.15, -0.1) is 0 Å². The summed E-state index contributed by atoms with van der Waals surface area (Å²) in [5, 5.41) is 12.1. The van der Waals surface area contributed by atoms with Crippen LogP contribution in [0, 0.1) is 11.6 Å². The van der Waals surface area contributed by atoms with Crippen LogP contribution in [-0.2, 0) is 11.3 Å². The number of fused-ring (bicyclic) bond motifs is 3. The van der Waals surface area contributed by atoms with E-state index in [9.17, 15) is 28.3 Å². The molecule has 8 nitrogen and oxygen atoms in total. The van der Waals surface area contributed by atoms with Crippen LogP contribution in [0.4, 0.5) is 8.78 Å². The Morgan fingerprint density at radius 3 is 2.81 bits per heavy atom. The van der Waals surface area contributed by atoms with Gasteiger partial charge in [0.15, 0.2) is 17.7 Å². The number of halogens is 3. The van der Waals surface area contributed by atoms with E-state index >= 15 is 0 Å². The molecule has 2 aromatic rings. The average molecular weight is 454 g/mol. The molecule has 0 aliphatic carbocycles. The lowest BCUT2D eigenvalue weighted by atomic mass is 10.1. The summed E-state index contributed by atoms with van der Waals surface area (Å²) < 4.78 is 34.4. The lowest BCUT2D eigenvalue weighted by Crippen LogP contribution is -2.50. The lowest BCUT2D eigenvalue weighted by molar-refractivity contribution is -0.0328. The molecule has 2 atom stereocenters. The number of benzene rings is 1. The quantitative estimate of drug-likeness (QED) is 0.691. The topological polar surface area (TPSA) is 101 Å². The first-order valence-electron chi connectivity index (χ1n) is 9.57. The molecule has 2 aliphatic rings. The molecule has 2 unspecified atom stereocenters. The number of hydrogen-bond acceptors (Lipinski definition) is 5. The largest absolute Gasteiger partial charge is 0.503 e. The van der Waals surface area contributed by atoms with Gasteiger partial charge in [0.25, 0.3) is 11.8 Å². The van der Waals surface area contributed by atoms with Gasteiger partial charge in [0.05, 0.1) is 12.6 Å². The molecule has 0 spiro atoms. The number of aromatic nitrogens is 1. The van der Waals surface area contributed by atoms with Gasteiger partial charge in [-0.3, -0.25) is 14.4 Å². The van der Waals surface area contributed by atoms with Crippen LogP contribution in [0.2, 0.25) is 5.02 Å². The Labute approximate surface area is 180 Å². The molecule has 31 heavy (non-hydrogen) atoms. The molecular formula is C20H18ClF2N3O5. The zero-order valence-electron chi connectivity index (χ0n) is 16.3. The van der Waals surface area contributed by atoms with E-state index in [-0.39, 0.29) is 23.8 Å². The summed E-state index contributed by atoms with van der Waals surface area (Å²) in [4.78, 5) is 39.5. The van der Waals surface area contributed by atoms with E-state index < -0.39 is 51.4 Å². The molecule has 164 valence electrons. The van der Waals surface area contributed by atoms with E-state index in [1.807, 2.05) is 0 Å². The maximum Gasteiger partial charge on any atom is 0.276 e. The summed E-state index contributed by atoms with van der Waals surface area (Å²) in [6, 6.07) is 1.70. The van der Waals surface area contributed by atoms with Crippen molar-refractivity contribution in [1.29, 1.82) is 0 Å². The summed E-state index contributed by atoms with van der Waals surface area (Å²) in [7, 11) is 0. The van der Waals surface area contributed by atoms with Crippen LogP contribution >= 0.6 is 11.6 Å². The fraction of sp³-hybridized carbons (Fsp3) is 0.350. The van der Waals surface area contributed by atoms with Gasteiger partial charge in [-0.1, -0.05) is 17.7 Å². The number of amides is 2. The molecule has 1 fully saturated rings. The number of hydrogen-bond donors (Lipinski definition) is 2. The molecule has 2 aliphatic heterocycles. The highest BCUT2D eigenvalue weighted by Crippen LogP contribution is 2.37. The van der Waals surface area contributed by atoms with E-state index in [1.54, 1.807) is 6.92 Å². The molecule has 11 heteroatoms. The standard InChI is InChI=1S/C20H18ClF2N3O5/c1-2-25-19(30)15-17(28)16(27)10(8-26(15)12-5-6-31-20(12)25)18(29)24-7-9-3-4-11(22)13(21)14(9)23/h3-4,8,12,20,28H,2,5-7H2,1H3,(H,24,29). The summed E-state index contributed by atoms with van der Waals surface area (Å²) in [6.07, 6.45) is 1.15. The smallest absolute Gasteiger partial charge is 0.276 e. The highest BCUT2D eigenvalue weighted by atomic mass is 35.5. The third kappa shape index (κ3) is 3.35. The zero-order chi connectivity index (χ0) is 22.4. The van der Waals surface area contributed by atoms with Crippen molar-refractivity contribution < 1.29 is 28.2 Å². The Morgan fingerprint density at radius 1 is 1.35 bits per heavy atom. The third-order valence-electron chi connectivity index (χ3n) is 5.51. The third-order valence-corrected chi connectivity index (χ3v) is 5.86. The second-order valence-corrected chi connectivity index (χ2v) is 7.58. The van der Waals surface area contributed by atoms with Crippen LogP contribution in [0.25, 0.3) is 0 Å². The average Bonchev–Trinajstić information content (AvgIpc) is 3.23. The SMILES string of the molecule is CCN1C(=O)c2c(O)c(=O)c(C(=O)NCc3ccc(F)c(Cl)c3F)cn2C2CCOC21. The molecule has 0 saturated carbocycles. The van der Waals surface area contributed by atoms with Crippen molar-refractivity contribution in [3.8, 4) is 5.75 Å². The normalized spacial score (nSPS) is 19.9. The van der Waals surface area contributed by atoms with Crippen LogP contribution in [0.1, 0.15) is 45.8 Å². The van der Waals surface area contributed by atoms with Gasteiger partial charge in [0, 0.05) is 24.8 Å². The van der Waals surface area contributed by atoms with Crippen molar-refractivity contribution in [3.05, 3.63) is 62.0 Å². The number of likely N-dealkylation sites (N-methyl/N-ethyl adjacent to an activating group) is 1. The summed E-state index contributed by atoms with van der Waals surface area (Å²) in [5.74, 6) is -4.27. The van der Waals surface area contributed by atoms with Crippen LogP contribution in [-0.4, -0.2) is 45.8 Å². The molecule has 1 saturated heterocycles. The molecule has 0 radical (unpaired) electrons. The van der Waals surface area contributed by atoms with E-state index in [0.717, 1.165) is 12.1 Å². The van der Waals surface area contributed by atoms with E-state index in [4.69, 9.17) is 16.3 Å². The van der Waals surface area contributed by atoms with Crippen LogP contribution < -0.4 is 10.7 Å². The molecular weight excluding hydrogens is 436 g/mol. The Hall–Kier alpha value is -2.98. The minimum Gasteiger partial charge on any atom is -0.503 e. The van der Waals surface area contributed by atoms with E-state index in [1.165, 1.54) is 15.7 Å². The fourth-order valence-corrected chi connectivity index (χ4v) is 4.12. The molecule has 4 rings (SSSR count). The first-order valence-corrected chi connectivity index (χ1v) is 9.95. The predicted molar refractivity (Wildman–Crippen MR) is 105 cm³/mol. The van der Waals surface area contributed by atoms with E-state index in [0.29, 0.717) is 19.6 Å². The first kappa shape index (κ1) is 21.3. The van der Waals surface area contributed by atoms with Gasteiger partial charge < -0.3 is 24.6 Å². The maximum atomic E-state index is 14.1. The second-order valence-electron chi connectivity index (χ2n) is 7.20. The Morgan fingerprint density at radius 2 is 2.10 bits per heavy atom. The zero-order valence-corrected chi connectivity index (χ0v) is 17.1. The molecule has 2 N–H and O–H groups in total. The number of ether oxygens (including phenoxy) is 1. The fourth-order valence-electron chi connectivity index (χ4n) is 3.94. The number of nitrogens with zero attached hydrogens (tertiary/aromatic N) is 2. The number of carbonyl (C=O) groups is 2. The Bertz CT molecular complexity index is 1150. The monoisotopic (exact) mass is 453 g/mol. The van der Waals surface area contributed by atoms with Gasteiger partial charge in [-0.25, -0.2) is 8.78 Å². The minimum absolute atomic E-state index is 0.0833. The summed E-state index contributed by atoms with van der Waals surface area (Å²) in [5.41, 5.74) is -1.73. The highest BCUT2D eigenvalue weighted by molar-refractivity contribution is 6.30. The van der Waals surface area contributed by atoms with Gasteiger partial charge in [-0.2, -0.15) is 0 Å². The molecule has 0 bridgehead atoms. The van der Waals surface area contributed by atoms with Crippen molar-refractivity contribution in [2.45, 2.75) is 32.2 Å². The highest BCUT2D eigenvalue weighted by Gasteiger charge is 2.44. The lowest BCUT2D eigenvalue weighted by Gasteiger charge is -2.38. The number of pyridine rings is 1. The molecule has 2 amide bonds. The number of rotatable bonds is 4. The van der Waals surface area contributed by atoms with Crippen LogP contribution in [0.15, 0.2) is 23.1 Å². The molecule has 1 aromatic heterocycles. The predicted octanol–water partition coefficient (Wildman–Crippen LogP) is 2.18. The van der Waals surface area contributed by atoms with Crippen molar-refractivity contribution in [1.82, 2.24) is 14.8 Å². The van der Waals surface area contributed by atoms with Gasteiger partial charge in [-0.05, 0) is 19.4 Å². The Balaban J connectivity index is 1.68. The number of carbonyl (C=O) groups excluding carboxylic acids is 2. The van der Waals surface area contributed by atoms with Crippen LogP contribution in [0.5, 0.6) is 5.75 Å².